The highest BCUT2D eigenvalue weighted by molar-refractivity contribution is 5.99. The van der Waals surface area contributed by atoms with E-state index in [1.54, 1.807) is 12.1 Å². The van der Waals surface area contributed by atoms with Crippen molar-refractivity contribution in [3.05, 3.63) is 65.5 Å². The number of halogens is 1. The number of hydrogen-bond donors (Lipinski definition) is 1. The van der Waals surface area contributed by atoms with Gasteiger partial charge in [-0.25, -0.2) is 4.39 Å². The van der Waals surface area contributed by atoms with Gasteiger partial charge in [0.1, 0.15) is 5.82 Å². The van der Waals surface area contributed by atoms with Crippen LogP contribution in [-0.4, -0.2) is 23.9 Å². The van der Waals surface area contributed by atoms with Gasteiger partial charge in [0.25, 0.3) is 5.91 Å². The highest BCUT2D eigenvalue weighted by Crippen LogP contribution is 2.24. The molecule has 4 heteroatoms. The molecule has 0 aromatic heterocycles. The van der Waals surface area contributed by atoms with Gasteiger partial charge in [-0.2, -0.15) is 0 Å². The van der Waals surface area contributed by atoms with Crippen molar-refractivity contribution < 1.29 is 9.18 Å². The Hall–Kier alpha value is -2.36. The van der Waals surface area contributed by atoms with Gasteiger partial charge in [0, 0.05) is 18.8 Å². The summed E-state index contributed by atoms with van der Waals surface area (Å²) in [6.45, 7) is 1.48. The highest BCUT2D eigenvalue weighted by atomic mass is 19.1. The Balaban J connectivity index is 1.63. The molecule has 0 aliphatic carbocycles. The number of benzene rings is 2. The standard InChI is InChI=1S/C18H19FN2O/c19-15-7-5-13(6-8-15)11-14-9-10-21(12-14)18(22)16-3-1-2-4-17(16)20/h1-8,14H,9-12,20H2. The van der Waals surface area contributed by atoms with Crippen molar-refractivity contribution >= 4 is 11.6 Å². The monoisotopic (exact) mass is 298 g/mol. The molecule has 2 N–H and O–H groups in total. The molecule has 0 spiro atoms. The number of likely N-dealkylation sites (tertiary alicyclic amines) is 1. The van der Waals surface area contributed by atoms with Gasteiger partial charge in [-0.1, -0.05) is 24.3 Å². The van der Waals surface area contributed by atoms with Gasteiger partial charge in [0.15, 0.2) is 0 Å². The number of rotatable bonds is 3. The summed E-state index contributed by atoms with van der Waals surface area (Å²) in [4.78, 5) is 14.4. The molecule has 3 nitrogen and oxygen atoms in total. The van der Waals surface area contributed by atoms with Gasteiger partial charge >= 0.3 is 0 Å². The molecule has 1 aliphatic heterocycles. The third-order valence-electron chi connectivity index (χ3n) is 4.20. The minimum absolute atomic E-state index is 0.000272. The lowest BCUT2D eigenvalue weighted by Crippen LogP contribution is -2.29. The molecule has 1 heterocycles. The van der Waals surface area contributed by atoms with Crippen molar-refractivity contribution in [1.29, 1.82) is 0 Å². The lowest BCUT2D eigenvalue weighted by molar-refractivity contribution is 0.0788. The smallest absolute Gasteiger partial charge is 0.255 e. The van der Waals surface area contributed by atoms with Crippen LogP contribution in [0, 0.1) is 11.7 Å². The second kappa shape index (κ2) is 6.18. The van der Waals surface area contributed by atoms with E-state index in [9.17, 15) is 9.18 Å². The molecule has 3 rings (SSSR count). The number of nitrogen functional groups attached to an aromatic ring is 1. The van der Waals surface area contributed by atoms with Crippen LogP contribution in [0.4, 0.5) is 10.1 Å². The molecule has 0 radical (unpaired) electrons. The van der Waals surface area contributed by atoms with Crippen molar-refractivity contribution in [3.8, 4) is 0 Å². The number of amides is 1. The van der Waals surface area contributed by atoms with Crippen LogP contribution in [0.5, 0.6) is 0 Å². The number of anilines is 1. The van der Waals surface area contributed by atoms with Crippen LogP contribution < -0.4 is 5.73 Å². The van der Waals surface area contributed by atoms with Crippen molar-refractivity contribution in [2.75, 3.05) is 18.8 Å². The van der Waals surface area contributed by atoms with E-state index >= 15 is 0 Å². The van der Waals surface area contributed by atoms with E-state index in [4.69, 9.17) is 5.73 Å². The first-order valence-electron chi connectivity index (χ1n) is 7.51. The minimum Gasteiger partial charge on any atom is -0.398 e. The zero-order valence-corrected chi connectivity index (χ0v) is 12.3. The van der Waals surface area contributed by atoms with Crippen LogP contribution in [0.1, 0.15) is 22.3 Å². The quantitative estimate of drug-likeness (QED) is 0.885. The van der Waals surface area contributed by atoms with Gasteiger partial charge < -0.3 is 10.6 Å². The largest absolute Gasteiger partial charge is 0.398 e. The first kappa shape index (κ1) is 14.6. The third kappa shape index (κ3) is 3.11. The molecule has 22 heavy (non-hydrogen) atoms. The maximum absolute atomic E-state index is 12.9. The number of nitrogens with two attached hydrogens (primary N) is 1. The number of hydrogen-bond acceptors (Lipinski definition) is 2. The predicted octanol–water partition coefficient (Wildman–Crippen LogP) is 3.11. The summed E-state index contributed by atoms with van der Waals surface area (Å²) in [5.74, 6) is 0.200. The normalized spacial score (nSPS) is 17.7. The molecule has 0 bridgehead atoms. The molecule has 1 amide bonds. The molecule has 1 fully saturated rings. The second-order valence-corrected chi connectivity index (χ2v) is 5.82. The first-order valence-corrected chi connectivity index (χ1v) is 7.51. The van der Waals surface area contributed by atoms with Gasteiger partial charge in [-0.05, 0) is 48.6 Å². The van der Waals surface area contributed by atoms with Gasteiger partial charge in [-0.15, -0.1) is 0 Å². The SMILES string of the molecule is Nc1ccccc1C(=O)N1CCC(Cc2ccc(F)cc2)C1. The van der Waals surface area contributed by atoms with Gasteiger partial charge in [0.2, 0.25) is 0 Å². The maximum Gasteiger partial charge on any atom is 0.255 e. The maximum atomic E-state index is 12.9. The predicted molar refractivity (Wildman–Crippen MR) is 85.0 cm³/mol. The van der Waals surface area contributed by atoms with Crippen molar-refractivity contribution in [2.24, 2.45) is 5.92 Å². The zero-order chi connectivity index (χ0) is 15.5. The summed E-state index contributed by atoms with van der Waals surface area (Å²) >= 11 is 0. The molecule has 2 aromatic carbocycles. The van der Waals surface area contributed by atoms with Crippen LogP contribution in [0.15, 0.2) is 48.5 Å². The molecule has 1 saturated heterocycles. The molecular formula is C18H19FN2O. The Morgan fingerprint density at radius 3 is 2.64 bits per heavy atom. The Morgan fingerprint density at radius 1 is 1.18 bits per heavy atom. The number of para-hydroxylation sites is 1. The van der Waals surface area contributed by atoms with Crippen LogP contribution in [-0.2, 0) is 6.42 Å². The van der Waals surface area contributed by atoms with Crippen LogP contribution in [0.3, 0.4) is 0 Å². The van der Waals surface area contributed by atoms with E-state index in [2.05, 4.69) is 0 Å². The van der Waals surface area contributed by atoms with Crippen molar-refractivity contribution in [2.45, 2.75) is 12.8 Å². The second-order valence-electron chi connectivity index (χ2n) is 5.82. The molecule has 2 aromatic rings. The highest BCUT2D eigenvalue weighted by Gasteiger charge is 2.27. The van der Waals surface area contributed by atoms with Gasteiger partial charge in [0.05, 0.1) is 5.56 Å². The Bertz CT molecular complexity index is 669. The summed E-state index contributed by atoms with van der Waals surface area (Å²) in [5.41, 5.74) is 8.09. The van der Waals surface area contributed by atoms with E-state index in [-0.39, 0.29) is 11.7 Å². The summed E-state index contributed by atoms with van der Waals surface area (Å²) in [5, 5.41) is 0. The van der Waals surface area contributed by atoms with E-state index < -0.39 is 0 Å². The Morgan fingerprint density at radius 2 is 1.91 bits per heavy atom. The van der Waals surface area contributed by atoms with Crippen LogP contribution in [0.25, 0.3) is 0 Å². The average molecular weight is 298 g/mol. The van der Waals surface area contributed by atoms with Crippen LogP contribution in [0.2, 0.25) is 0 Å². The van der Waals surface area contributed by atoms with E-state index in [1.807, 2.05) is 29.2 Å². The van der Waals surface area contributed by atoms with Gasteiger partial charge in [-0.3, -0.25) is 4.79 Å². The Labute approximate surface area is 129 Å². The van der Waals surface area contributed by atoms with Crippen molar-refractivity contribution in [1.82, 2.24) is 4.90 Å². The van der Waals surface area contributed by atoms with E-state index in [1.165, 1.54) is 12.1 Å². The average Bonchev–Trinajstić information content (AvgIpc) is 2.98. The molecule has 1 aliphatic rings. The molecule has 1 atom stereocenters. The lowest BCUT2D eigenvalue weighted by Gasteiger charge is -2.17. The fraction of sp³-hybridized carbons (Fsp3) is 0.278. The molecule has 1 unspecified atom stereocenters. The topological polar surface area (TPSA) is 46.3 Å². The lowest BCUT2D eigenvalue weighted by atomic mass is 9.99. The summed E-state index contributed by atoms with van der Waals surface area (Å²) in [6, 6.07) is 13.8. The molecule has 0 saturated carbocycles. The fourth-order valence-electron chi connectivity index (χ4n) is 3.00. The summed E-state index contributed by atoms with van der Waals surface area (Å²) in [6.07, 6.45) is 1.84. The first-order chi connectivity index (χ1) is 10.6. The van der Waals surface area contributed by atoms with E-state index in [0.29, 0.717) is 17.2 Å². The Kier molecular flexibility index (Phi) is 4.09. The number of carbonyl (C=O) groups excluding carboxylic acids is 1. The zero-order valence-electron chi connectivity index (χ0n) is 12.3. The van der Waals surface area contributed by atoms with Crippen LogP contribution >= 0.6 is 0 Å². The summed E-state index contributed by atoms with van der Waals surface area (Å²) < 4.78 is 12.9. The molecular weight excluding hydrogens is 279 g/mol. The third-order valence-corrected chi connectivity index (χ3v) is 4.20. The fourth-order valence-corrected chi connectivity index (χ4v) is 3.00. The molecule has 114 valence electrons. The van der Waals surface area contributed by atoms with Crippen molar-refractivity contribution in [3.63, 3.8) is 0 Å². The number of nitrogens with zero attached hydrogens (tertiary/aromatic N) is 1. The number of carbonyl (C=O) groups is 1. The van der Waals surface area contributed by atoms with E-state index in [0.717, 1.165) is 31.5 Å². The summed E-state index contributed by atoms with van der Waals surface area (Å²) in [7, 11) is 0. The minimum atomic E-state index is -0.216.